The van der Waals surface area contributed by atoms with Crippen LogP contribution in [0.5, 0.6) is 5.75 Å². The van der Waals surface area contributed by atoms with Gasteiger partial charge in [0.1, 0.15) is 11.8 Å². The van der Waals surface area contributed by atoms with Gasteiger partial charge in [-0.25, -0.2) is 4.79 Å². The lowest BCUT2D eigenvalue weighted by molar-refractivity contribution is -0.143. The topological polar surface area (TPSA) is 64.6 Å². The lowest BCUT2D eigenvalue weighted by atomic mass is 10.2. The molecule has 0 spiro atoms. The SMILES string of the molecule is COC(=O)[C@H]1C[C@H](Oc2ccccc2)C(=O)N1. The van der Waals surface area contributed by atoms with E-state index in [1.54, 1.807) is 12.1 Å². The Bertz CT molecular complexity index is 418. The third-order valence-electron chi connectivity index (χ3n) is 2.57. The number of carbonyl (C=O) groups excluding carboxylic acids is 2. The zero-order chi connectivity index (χ0) is 12.3. The predicted octanol–water partition coefficient (Wildman–Crippen LogP) is 0.495. The molecule has 0 saturated carbocycles. The molecule has 2 rings (SSSR count). The molecule has 90 valence electrons. The van der Waals surface area contributed by atoms with Gasteiger partial charge < -0.3 is 14.8 Å². The number of benzene rings is 1. The van der Waals surface area contributed by atoms with Crippen molar-refractivity contribution in [2.75, 3.05) is 7.11 Å². The minimum atomic E-state index is -0.638. The number of rotatable bonds is 3. The molecule has 1 fully saturated rings. The number of nitrogens with one attached hydrogen (secondary N) is 1. The molecule has 1 aromatic rings. The van der Waals surface area contributed by atoms with Gasteiger partial charge in [0.05, 0.1) is 7.11 Å². The molecule has 0 bridgehead atoms. The Labute approximate surface area is 98.7 Å². The summed E-state index contributed by atoms with van der Waals surface area (Å²) in [5.74, 6) is -0.125. The number of ether oxygens (including phenoxy) is 2. The minimum Gasteiger partial charge on any atom is -0.481 e. The van der Waals surface area contributed by atoms with Gasteiger partial charge in [-0.15, -0.1) is 0 Å². The van der Waals surface area contributed by atoms with Crippen LogP contribution in [0.4, 0.5) is 0 Å². The molecule has 1 amide bonds. The van der Waals surface area contributed by atoms with Crippen LogP contribution in [-0.2, 0) is 14.3 Å². The van der Waals surface area contributed by atoms with Crippen LogP contribution in [0.15, 0.2) is 30.3 Å². The summed E-state index contributed by atoms with van der Waals surface area (Å²) in [5.41, 5.74) is 0. The fourth-order valence-corrected chi connectivity index (χ4v) is 1.71. The molecule has 1 saturated heterocycles. The molecule has 0 aliphatic carbocycles. The van der Waals surface area contributed by atoms with Crippen molar-refractivity contribution < 1.29 is 19.1 Å². The summed E-state index contributed by atoms with van der Waals surface area (Å²) in [7, 11) is 1.29. The maximum Gasteiger partial charge on any atom is 0.328 e. The highest BCUT2D eigenvalue weighted by molar-refractivity contribution is 5.91. The lowest BCUT2D eigenvalue weighted by Crippen LogP contribution is -2.34. The van der Waals surface area contributed by atoms with Gasteiger partial charge in [0, 0.05) is 6.42 Å². The molecule has 0 radical (unpaired) electrons. The number of hydrogen-bond acceptors (Lipinski definition) is 4. The smallest absolute Gasteiger partial charge is 0.328 e. The highest BCUT2D eigenvalue weighted by Crippen LogP contribution is 2.18. The van der Waals surface area contributed by atoms with E-state index in [1.807, 2.05) is 18.2 Å². The van der Waals surface area contributed by atoms with Crippen molar-refractivity contribution in [1.82, 2.24) is 5.32 Å². The third kappa shape index (κ3) is 2.55. The molecular weight excluding hydrogens is 222 g/mol. The Morgan fingerprint density at radius 1 is 1.35 bits per heavy atom. The highest BCUT2D eigenvalue weighted by Gasteiger charge is 2.38. The van der Waals surface area contributed by atoms with E-state index < -0.39 is 18.1 Å². The van der Waals surface area contributed by atoms with Gasteiger partial charge in [-0.1, -0.05) is 18.2 Å². The van der Waals surface area contributed by atoms with Crippen molar-refractivity contribution in [1.29, 1.82) is 0 Å². The van der Waals surface area contributed by atoms with Crippen molar-refractivity contribution in [3.63, 3.8) is 0 Å². The Hall–Kier alpha value is -2.04. The van der Waals surface area contributed by atoms with Crippen molar-refractivity contribution in [3.8, 4) is 5.75 Å². The number of methoxy groups -OCH3 is 1. The fraction of sp³-hybridized carbons (Fsp3) is 0.333. The molecule has 0 unspecified atom stereocenters. The summed E-state index contributed by atoms with van der Waals surface area (Å²) in [4.78, 5) is 22.8. The summed E-state index contributed by atoms with van der Waals surface area (Å²) in [6.45, 7) is 0. The molecule has 2 atom stereocenters. The lowest BCUT2D eigenvalue weighted by Gasteiger charge is -2.10. The summed E-state index contributed by atoms with van der Waals surface area (Å²) in [5, 5.41) is 2.54. The highest BCUT2D eigenvalue weighted by atomic mass is 16.5. The Morgan fingerprint density at radius 2 is 2.06 bits per heavy atom. The van der Waals surface area contributed by atoms with Crippen molar-refractivity contribution in [2.24, 2.45) is 0 Å². The van der Waals surface area contributed by atoms with Crippen LogP contribution < -0.4 is 10.1 Å². The van der Waals surface area contributed by atoms with E-state index in [0.717, 1.165) is 0 Å². The van der Waals surface area contributed by atoms with E-state index >= 15 is 0 Å². The molecule has 5 nitrogen and oxygen atoms in total. The summed E-state index contributed by atoms with van der Waals surface area (Å²) < 4.78 is 10.1. The van der Waals surface area contributed by atoms with Crippen molar-refractivity contribution in [2.45, 2.75) is 18.6 Å². The van der Waals surface area contributed by atoms with E-state index in [-0.39, 0.29) is 5.91 Å². The standard InChI is InChI=1S/C12H13NO4/c1-16-12(15)9-7-10(11(14)13-9)17-8-5-3-2-4-6-8/h2-6,9-10H,7H2,1H3,(H,13,14)/t9-,10+/m1/s1. The fourth-order valence-electron chi connectivity index (χ4n) is 1.71. The summed E-state index contributed by atoms with van der Waals surface area (Å²) in [6.07, 6.45) is -0.345. The summed E-state index contributed by atoms with van der Waals surface area (Å²) in [6, 6.07) is 8.41. The quantitative estimate of drug-likeness (QED) is 0.775. The van der Waals surface area contributed by atoms with Crippen LogP contribution in [0.25, 0.3) is 0 Å². The zero-order valence-electron chi connectivity index (χ0n) is 9.38. The second kappa shape index (κ2) is 4.86. The Morgan fingerprint density at radius 3 is 2.71 bits per heavy atom. The molecule has 1 aliphatic rings. The molecular formula is C12H13NO4. The molecule has 1 aliphatic heterocycles. The molecule has 1 aromatic carbocycles. The van der Waals surface area contributed by atoms with E-state index in [1.165, 1.54) is 7.11 Å². The van der Waals surface area contributed by atoms with Crippen LogP contribution in [0.3, 0.4) is 0 Å². The monoisotopic (exact) mass is 235 g/mol. The van der Waals surface area contributed by atoms with E-state index in [2.05, 4.69) is 10.1 Å². The summed E-state index contributed by atoms with van der Waals surface area (Å²) >= 11 is 0. The number of para-hydroxylation sites is 1. The Balaban J connectivity index is 1.99. The van der Waals surface area contributed by atoms with E-state index in [4.69, 9.17) is 4.74 Å². The van der Waals surface area contributed by atoms with Gasteiger partial charge in [0.15, 0.2) is 6.10 Å². The van der Waals surface area contributed by atoms with Gasteiger partial charge in [-0.3, -0.25) is 4.79 Å². The molecule has 1 N–H and O–H groups in total. The normalized spacial score (nSPS) is 23.0. The van der Waals surface area contributed by atoms with Gasteiger partial charge >= 0.3 is 5.97 Å². The maximum absolute atomic E-state index is 11.6. The first-order valence-corrected chi connectivity index (χ1v) is 5.30. The minimum absolute atomic E-state index is 0.288. The van der Waals surface area contributed by atoms with Crippen LogP contribution >= 0.6 is 0 Å². The number of esters is 1. The molecule has 0 aromatic heterocycles. The second-order valence-electron chi connectivity index (χ2n) is 3.74. The Kier molecular flexibility index (Phi) is 3.27. The van der Waals surface area contributed by atoms with E-state index in [0.29, 0.717) is 12.2 Å². The number of amides is 1. The average molecular weight is 235 g/mol. The van der Waals surface area contributed by atoms with Crippen LogP contribution in [0.2, 0.25) is 0 Å². The zero-order valence-corrected chi connectivity index (χ0v) is 9.38. The maximum atomic E-state index is 11.6. The number of carbonyl (C=O) groups is 2. The van der Waals surface area contributed by atoms with Gasteiger partial charge in [0.2, 0.25) is 0 Å². The largest absolute Gasteiger partial charge is 0.481 e. The number of hydrogen-bond donors (Lipinski definition) is 1. The second-order valence-corrected chi connectivity index (χ2v) is 3.74. The first kappa shape index (κ1) is 11.4. The molecule has 17 heavy (non-hydrogen) atoms. The first-order valence-electron chi connectivity index (χ1n) is 5.30. The van der Waals surface area contributed by atoms with Gasteiger partial charge in [-0.2, -0.15) is 0 Å². The van der Waals surface area contributed by atoms with E-state index in [9.17, 15) is 9.59 Å². The van der Waals surface area contributed by atoms with Gasteiger partial charge in [0.25, 0.3) is 5.91 Å². The first-order chi connectivity index (χ1) is 8.20. The van der Waals surface area contributed by atoms with Crippen LogP contribution in [0.1, 0.15) is 6.42 Å². The van der Waals surface area contributed by atoms with Crippen molar-refractivity contribution in [3.05, 3.63) is 30.3 Å². The van der Waals surface area contributed by atoms with Gasteiger partial charge in [-0.05, 0) is 12.1 Å². The third-order valence-corrected chi connectivity index (χ3v) is 2.57. The molecule has 1 heterocycles. The van der Waals surface area contributed by atoms with Crippen LogP contribution in [-0.4, -0.2) is 31.1 Å². The predicted molar refractivity (Wildman–Crippen MR) is 59.4 cm³/mol. The average Bonchev–Trinajstić information content (AvgIpc) is 2.71. The van der Waals surface area contributed by atoms with Crippen molar-refractivity contribution >= 4 is 11.9 Å². The van der Waals surface area contributed by atoms with Crippen LogP contribution in [0, 0.1) is 0 Å². The molecule has 5 heteroatoms.